The van der Waals surface area contributed by atoms with E-state index < -0.39 is 5.97 Å². The average molecular weight is 424 g/mol. The molecule has 29 heavy (non-hydrogen) atoms. The first-order valence-electron chi connectivity index (χ1n) is 8.42. The molecule has 9 heteroatoms. The van der Waals surface area contributed by atoms with Crippen LogP contribution >= 0.6 is 23.4 Å². The summed E-state index contributed by atoms with van der Waals surface area (Å²) in [5.41, 5.74) is 1.88. The lowest BCUT2D eigenvalue weighted by Crippen LogP contribution is -2.00. The molecule has 0 aliphatic rings. The molecule has 0 bridgehead atoms. The first-order valence-corrected chi connectivity index (χ1v) is 9.62. The fourth-order valence-electron chi connectivity index (χ4n) is 2.68. The van der Waals surface area contributed by atoms with Crippen LogP contribution in [-0.2, 0) is 4.79 Å². The van der Waals surface area contributed by atoms with Crippen molar-refractivity contribution in [2.45, 2.75) is 10.1 Å². The number of halogens is 1. The first-order chi connectivity index (χ1) is 14.0. The Bertz CT molecular complexity index is 1230. The summed E-state index contributed by atoms with van der Waals surface area (Å²) < 4.78 is 0. The zero-order valence-electron chi connectivity index (χ0n) is 14.9. The quantitative estimate of drug-likeness (QED) is 0.375. The van der Waals surface area contributed by atoms with Gasteiger partial charge in [-0.3, -0.25) is 0 Å². The first kappa shape index (κ1) is 19.0. The van der Waals surface area contributed by atoms with E-state index in [1.807, 2.05) is 12.1 Å². The van der Waals surface area contributed by atoms with Crippen molar-refractivity contribution in [2.75, 3.05) is 5.32 Å². The average Bonchev–Trinajstić information content (AvgIpc) is 3.22. The van der Waals surface area contributed by atoms with Gasteiger partial charge in [0.2, 0.25) is 0 Å². The van der Waals surface area contributed by atoms with Gasteiger partial charge in [-0.15, -0.1) is 0 Å². The molecule has 0 spiro atoms. The highest BCUT2D eigenvalue weighted by atomic mass is 35.5. The van der Waals surface area contributed by atoms with E-state index in [0.29, 0.717) is 21.9 Å². The molecule has 0 radical (unpaired) electrons. The van der Waals surface area contributed by atoms with Crippen LogP contribution in [0.25, 0.3) is 16.5 Å². The minimum Gasteiger partial charge on any atom is -0.478 e. The number of benzene rings is 2. The number of carbonyl (C=O) groups is 1. The van der Waals surface area contributed by atoms with Crippen molar-refractivity contribution in [1.29, 1.82) is 0 Å². The lowest BCUT2D eigenvalue weighted by molar-refractivity contribution is -0.130. The summed E-state index contributed by atoms with van der Waals surface area (Å²) in [5, 5.41) is 14.4. The van der Waals surface area contributed by atoms with Crippen molar-refractivity contribution in [3.05, 3.63) is 72.3 Å². The minimum absolute atomic E-state index is 0.0106. The predicted octanol–water partition coefficient (Wildman–Crippen LogP) is 5.00. The third-order valence-electron chi connectivity index (χ3n) is 4.12. The summed E-state index contributed by atoms with van der Waals surface area (Å²) in [6.45, 7) is 3.58. The van der Waals surface area contributed by atoms with Crippen molar-refractivity contribution in [3.8, 4) is 0 Å². The molecule has 3 N–H and O–H groups in total. The van der Waals surface area contributed by atoms with Crippen molar-refractivity contribution < 1.29 is 9.90 Å². The minimum atomic E-state index is -1.07. The Morgan fingerprint density at radius 3 is 2.76 bits per heavy atom. The molecule has 4 rings (SSSR count). The number of hydrogen-bond donors (Lipinski definition) is 3. The Balaban J connectivity index is 1.61. The van der Waals surface area contributed by atoms with E-state index in [4.69, 9.17) is 16.7 Å². The van der Waals surface area contributed by atoms with Gasteiger partial charge >= 0.3 is 5.97 Å². The highest BCUT2D eigenvalue weighted by Gasteiger charge is 2.11. The normalized spacial score (nSPS) is 10.8. The zero-order chi connectivity index (χ0) is 20.4. The Morgan fingerprint density at radius 2 is 2.03 bits per heavy atom. The van der Waals surface area contributed by atoms with E-state index >= 15 is 0 Å². The number of aliphatic carboxylic acids is 1. The molecule has 4 aromatic rings. The lowest BCUT2D eigenvalue weighted by atomic mass is 10.1. The molecule has 0 aliphatic heterocycles. The summed E-state index contributed by atoms with van der Waals surface area (Å²) in [7, 11) is 0. The van der Waals surface area contributed by atoms with Crippen molar-refractivity contribution in [2.24, 2.45) is 0 Å². The van der Waals surface area contributed by atoms with Gasteiger partial charge in [-0.05, 0) is 35.9 Å². The zero-order valence-corrected chi connectivity index (χ0v) is 16.5. The van der Waals surface area contributed by atoms with Crippen LogP contribution in [0.2, 0.25) is 5.02 Å². The van der Waals surface area contributed by atoms with Gasteiger partial charge in [-0.2, -0.15) is 0 Å². The number of imidazole rings is 1. The van der Waals surface area contributed by atoms with Crippen LogP contribution in [0.4, 0.5) is 11.5 Å². The molecule has 0 fully saturated rings. The van der Waals surface area contributed by atoms with Gasteiger partial charge in [0.05, 0.1) is 16.1 Å². The summed E-state index contributed by atoms with van der Waals surface area (Å²) in [6.07, 6.45) is 4.86. The predicted molar refractivity (Wildman–Crippen MR) is 114 cm³/mol. The molecule has 7 nitrogen and oxygen atoms in total. The van der Waals surface area contributed by atoms with Crippen molar-refractivity contribution in [3.63, 3.8) is 0 Å². The van der Waals surface area contributed by atoms with Gasteiger partial charge in [-0.1, -0.05) is 36.0 Å². The third kappa shape index (κ3) is 4.08. The second kappa shape index (κ2) is 7.94. The number of hydrogen-bond acceptors (Lipinski definition) is 6. The summed E-state index contributed by atoms with van der Waals surface area (Å²) in [5.74, 6) is -0.483. The molecule has 0 aliphatic carbocycles. The number of nitrogens with one attached hydrogen (secondary N) is 2. The van der Waals surface area contributed by atoms with Gasteiger partial charge < -0.3 is 15.4 Å². The van der Waals surface area contributed by atoms with E-state index in [-0.39, 0.29) is 5.57 Å². The smallest absolute Gasteiger partial charge is 0.335 e. The molecule has 144 valence electrons. The topological polar surface area (TPSA) is 104 Å². The lowest BCUT2D eigenvalue weighted by Gasteiger charge is -2.11. The maximum atomic E-state index is 11.1. The number of H-pyrrole nitrogens is 1. The Kier molecular flexibility index (Phi) is 5.20. The van der Waals surface area contributed by atoms with Gasteiger partial charge in [0, 0.05) is 28.4 Å². The number of aromatic amines is 1. The van der Waals surface area contributed by atoms with Crippen LogP contribution in [0, 0.1) is 0 Å². The van der Waals surface area contributed by atoms with Gasteiger partial charge in [0.15, 0.2) is 5.16 Å². The molecule has 0 atom stereocenters. The SMILES string of the molecule is C=C(C(=O)O)c1ccc2c(Nc3ccc(Sc4ncc[nH]4)c(Cl)c3)ncnc2c1. The van der Waals surface area contributed by atoms with E-state index in [1.165, 1.54) is 18.1 Å². The van der Waals surface area contributed by atoms with Crippen LogP contribution in [0.3, 0.4) is 0 Å². The van der Waals surface area contributed by atoms with E-state index in [1.54, 1.807) is 36.7 Å². The molecule has 2 heterocycles. The van der Waals surface area contributed by atoms with Crippen LogP contribution in [0.15, 0.2) is 71.8 Å². The van der Waals surface area contributed by atoms with Gasteiger partial charge in [0.25, 0.3) is 0 Å². The number of carboxylic acids is 1. The molecule has 0 unspecified atom stereocenters. The van der Waals surface area contributed by atoms with Crippen molar-refractivity contribution in [1.82, 2.24) is 19.9 Å². The van der Waals surface area contributed by atoms with Crippen molar-refractivity contribution >= 4 is 57.3 Å². The number of nitrogens with zero attached hydrogens (tertiary/aromatic N) is 3. The maximum Gasteiger partial charge on any atom is 0.335 e. The maximum absolute atomic E-state index is 11.1. The van der Waals surface area contributed by atoms with Gasteiger partial charge in [-0.25, -0.2) is 19.7 Å². The molecule has 0 saturated heterocycles. The second-order valence-corrected chi connectivity index (χ2v) is 7.44. The Labute approximate surface area is 174 Å². The summed E-state index contributed by atoms with van der Waals surface area (Å²) >= 11 is 7.85. The van der Waals surface area contributed by atoms with Crippen LogP contribution < -0.4 is 5.32 Å². The van der Waals surface area contributed by atoms with Crippen LogP contribution in [0.5, 0.6) is 0 Å². The highest BCUT2D eigenvalue weighted by Crippen LogP contribution is 2.34. The number of fused-ring (bicyclic) bond motifs is 1. The van der Waals surface area contributed by atoms with E-state index in [9.17, 15) is 4.79 Å². The molecule has 0 amide bonds. The fourth-order valence-corrected chi connectivity index (χ4v) is 3.71. The molecule has 2 aromatic carbocycles. The Hall–Kier alpha value is -3.36. The summed E-state index contributed by atoms with van der Waals surface area (Å²) in [6, 6.07) is 10.7. The molecular weight excluding hydrogens is 410 g/mol. The van der Waals surface area contributed by atoms with E-state index in [0.717, 1.165) is 21.1 Å². The monoisotopic (exact) mass is 423 g/mol. The third-order valence-corrected chi connectivity index (χ3v) is 5.53. The molecular formula is C20H14ClN5O2S. The van der Waals surface area contributed by atoms with Crippen LogP contribution in [-0.4, -0.2) is 31.0 Å². The second-order valence-electron chi connectivity index (χ2n) is 6.00. The Morgan fingerprint density at radius 1 is 1.17 bits per heavy atom. The van der Waals surface area contributed by atoms with E-state index in [2.05, 4.69) is 31.8 Å². The largest absolute Gasteiger partial charge is 0.478 e. The molecule has 0 saturated carbocycles. The number of aromatic nitrogens is 4. The number of rotatable bonds is 6. The standard InChI is InChI=1S/C20H14ClN5O2S/c1-11(19(27)28)12-2-4-14-16(8-12)24-10-25-18(14)26-13-3-5-17(15(21)9-13)29-20-22-6-7-23-20/h2-10H,1H2,(H,22,23)(H,27,28)(H,24,25,26). The summed E-state index contributed by atoms with van der Waals surface area (Å²) in [4.78, 5) is 27.8. The molecule has 2 aromatic heterocycles. The fraction of sp³-hybridized carbons (Fsp3) is 0. The highest BCUT2D eigenvalue weighted by molar-refractivity contribution is 7.99. The van der Waals surface area contributed by atoms with Gasteiger partial charge in [0.1, 0.15) is 12.1 Å². The van der Waals surface area contributed by atoms with Crippen LogP contribution in [0.1, 0.15) is 5.56 Å². The number of anilines is 2. The number of carboxylic acid groups (broad SMARTS) is 1.